The van der Waals surface area contributed by atoms with E-state index in [1.807, 2.05) is 6.92 Å². The number of nitrogens with one attached hydrogen (secondary N) is 1. The molecule has 0 atom stereocenters. The van der Waals surface area contributed by atoms with Gasteiger partial charge < -0.3 is 5.32 Å². The predicted octanol–water partition coefficient (Wildman–Crippen LogP) is 3.70. The highest BCUT2D eigenvalue weighted by atomic mass is 35.5. The zero-order valence-corrected chi connectivity index (χ0v) is 12.1. The van der Waals surface area contributed by atoms with Crippen LogP contribution < -0.4 is 5.32 Å². The van der Waals surface area contributed by atoms with E-state index in [4.69, 9.17) is 23.2 Å². The minimum Gasteiger partial charge on any atom is -0.348 e. The van der Waals surface area contributed by atoms with Crippen molar-refractivity contribution in [1.29, 1.82) is 0 Å². The fraction of sp³-hybridized carbons (Fsp3) is 0.923. The Morgan fingerprint density at radius 3 is 2.29 bits per heavy atom. The molecule has 4 heteroatoms. The number of hydrogen-bond acceptors (Lipinski definition) is 1. The highest BCUT2D eigenvalue weighted by molar-refractivity contribution is 6.22. The molecule has 0 unspecified atom stereocenters. The first-order chi connectivity index (χ1) is 8.15. The van der Waals surface area contributed by atoms with Crippen LogP contribution in [0.25, 0.3) is 0 Å². The SMILES string of the molecule is CCC(CCl)(CCl)NC(=O)CC1CCCCC1. The molecule has 0 aliphatic heterocycles. The number of carbonyl (C=O) groups is 1. The van der Waals surface area contributed by atoms with E-state index in [0.717, 1.165) is 6.42 Å². The zero-order chi connectivity index (χ0) is 12.7. The Kier molecular flexibility index (Phi) is 6.65. The van der Waals surface area contributed by atoms with Crippen LogP contribution in [-0.4, -0.2) is 23.2 Å². The average molecular weight is 280 g/mol. The first-order valence-electron chi connectivity index (χ1n) is 6.58. The van der Waals surface area contributed by atoms with Crippen LogP contribution in [-0.2, 0) is 4.79 Å². The molecule has 0 spiro atoms. The van der Waals surface area contributed by atoms with Crippen molar-refractivity contribution >= 4 is 29.1 Å². The maximum absolute atomic E-state index is 12.0. The first kappa shape index (κ1) is 15.1. The van der Waals surface area contributed by atoms with Gasteiger partial charge in [0.15, 0.2) is 0 Å². The fourth-order valence-electron chi connectivity index (χ4n) is 2.38. The Bertz CT molecular complexity index is 227. The lowest BCUT2D eigenvalue weighted by Crippen LogP contribution is -2.51. The molecule has 0 aromatic rings. The molecule has 1 amide bonds. The third kappa shape index (κ3) is 4.67. The zero-order valence-electron chi connectivity index (χ0n) is 10.6. The molecule has 1 rings (SSSR count). The van der Waals surface area contributed by atoms with Crippen LogP contribution in [0.5, 0.6) is 0 Å². The minimum absolute atomic E-state index is 0.111. The number of hydrogen-bond donors (Lipinski definition) is 1. The van der Waals surface area contributed by atoms with Gasteiger partial charge in [-0.15, -0.1) is 23.2 Å². The van der Waals surface area contributed by atoms with E-state index in [-0.39, 0.29) is 5.91 Å². The molecule has 0 radical (unpaired) electrons. The van der Waals surface area contributed by atoms with Gasteiger partial charge in [-0.3, -0.25) is 4.79 Å². The summed E-state index contributed by atoms with van der Waals surface area (Å²) in [4.78, 5) is 12.0. The summed E-state index contributed by atoms with van der Waals surface area (Å²) in [6.07, 6.45) is 7.64. The van der Waals surface area contributed by atoms with Crippen LogP contribution in [0.1, 0.15) is 51.9 Å². The second-order valence-electron chi connectivity index (χ2n) is 5.16. The molecule has 1 saturated carbocycles. The quantitative estimate of drug-likeness (QED) is 0.738. The normalized spacial score (nSPS) is 18.1. The Labute approximate surface area is 114 Å². The van der Waals surface area contributed by atoms with E-state index in [9.17, 15) is 4.79 Å². The van der Waals surface area contributed by atoms with Gasteiger partial charge in [-0.05, 0) is 25.2 Å². The van der Waals surface area contributed by atoms with E-state index in [1.54, 1.807) is 0 Å². The smallest absolute Gasteiger partial charge is 0.220 e. The summed E-state index contributed by atoms with van der Waals surface area (Å²) < 4.78 is 0. The molecule has 0 aromatic carbocycles. The average Bonchev–Trinajstić information content (AvgIpc) is 2.37. The molecule has 0 aromatic heterocycles. The van der Waals surface area contributed by atoms with Gasteiger partial charge in [0.1, 0.15) is 0 Å². The number of halogens is 2. The van der Waals surface area contributed by atoms with E-state index in [1.165, 1.54) is 32.1 Å². The van der Waals surface area contributed by atoms with Gasteiger partial charge in [-0.1, -0.05) is 26.2 Å². The topological polar surface area (TPSA) is 29.1 Å². The molecule has 1 fully saturated rings. The molecular weight excluding hydrogens is 257 g/mol. The molecule has 0 heterocycles. The van der Waals surface area contributed by atoms with Crippen LogP contribution in [0.15, 0.2) is 0 Å². The number of rotatable bonds is 6. The molecule has 1 aliphatic rings. The lowest BCUT2D eigenvalue weighted by Gasteiger charge is -2.31. The highest BCUT2D eigenvalue weighted by Gasteiger charge is 2.29. The maximum Gasteiger partial charge on any atom is 0.220 e. The maximum atomic E-state index is 12.0. The third-order valence-electron chi connectivity index (χ3n) is 3.79. The molecule has 2 nitrogen and oxygen atoms in total. The van der Waals surface area contributed by atoms with Gasteiger partial charge in [-0.2, -0.15) is 0 Å². The molecule has 1 aliphatic carbocycles. The minimum atomic E-state index is -0.422. The number of alkyl halides is 2. The van der Waals surface area contributed by atoms with Crippen LogP contribution in [0, 0.1) is 5.92 Å². The second-order valence-corrected chi connectivity index (χ2v) is 5.69. The summed E-state index contributed by atoms with van der Waals surface area (Å²) in [6, 6.07) is 0. The van der Waals surface area contributed by atoms with Gasteiger partial charge in [0.2, 0.25) is 5.91 Å². The summed E-state index contributed by atoms with van der Waals surface area (Å²) in [5, 5.41) is 3.02. The summed E-state index contributed by atoms with van der Waals surface area (Å²) in [7, 11) is 0. The number of amides is 1. The second kappa shape index (κ2) is 7.48. The van der Waals surface area contributed by atoms with Crippen molar-refractivity contribution in [3.63, 3.8) is 0 Å². The Morgan fingerprint density at radius 1 is 1.24 bits per heavy atom. The molecule has 0 bridgehead atoms. The van der Waals surface area contributed by atoms with Crippen LogP contribution >= 0.6 is 23.2 Å². The molecule has 0 saturated heterocycles. The predicted molar refractivity (Wildman–Crippen MR) is 73.8 cm³/mol. The lowest BCUT2D eigenvalue weighted by molar-refractivity contribution is -0.123. The first-order valence-corrected chi connectivity index (χ1v) is 7.65. The van der Waals surface area contributed by atoms with Gasteiger partial charge in [0.25, 0.3) is 0 Å². The summed E-state index contributed by atoms with van der Waals surface area (Å²) in [5.41, 5.74) is -0.422. The van der Waals surface area contributed by atoms with E-state index in [2.05, 4.69) is 5.32 Å². The molecular formula is C13H23Cl2NO. The molecule has 100 valence electrons. The van der Waals surface area contributed by atoms with Crippen LogP contribution in [0.3, 0.4) is 0 Å². The fourth-order valence-corrected chi connectivity index (χ4v) is 3.18. The van der Waals surface area contributed by atoms with Crippen molar-refractivity contribution in [1.82, 2.24) is 5.32 Å². The Morgan fingerprint density at radius 2 is 1.82 bits per heavy atom. The lowest BCUT2D eigenvalue weighted by atomic mass is 9.86. The van der Waals surface area contributed by atoms with Crippen molar-refractivity contribution < 1.29 is 4.79 Å². The van der Waals surface area contributed by atoms with Crippen molar-refractivity contribution in [3.8, 4) is 0 Å². The monoisotopic (exact) mass is 279 g/mol. The van der Waals surface area contributed by atoms with Gasteiger partial charge in [0, 0.05) is 18.2 Å². The van der Waals surface area contributed by atoms with Crippen molar-refractivity contribution in [3.05, 3.63) is 0 Å². The Hall–Kier alpha value is 0.0500. The van der Waals surface area contributed by atoms with Crippen LogP contribution in [0.2, 0.25) is 0 Å². The highest BCUT2D eigenvalue weighted by Crippen LogP contribution is 2.26. The summed E-state index contributed by atoms with van der Waals surface area (Å²) in [6.45, 7) is 2.01. The van der Waals surface area contributed by atoms with Gasteiger partial charge >= 0.3 is 0 Å². The third-order valence-corrected chi connectivity index (χ3v) is 4.81. The van der Waals surface area contributed by atoms with Crippen molar-refractivity contribution in [2.24, 2.45) is 5.92 Å². The molecule has 17 heavy (non-hydrogen) atoms. The van der Waals surface area contributed by atoms with Crippen molar-refractivity contribution in [2.75, 3.05) is 11.8 Å². The summed E-state index contributed by atoms with van der Waals surface area (Å²) in [5.74, 6) is 1.43. The largest absolute Gasteiger partial charge is 0.348 e. The van der Waals surface area contributed by atoms with E-state index < -0.39 is 5.54 Å². The van der Waals surface area contributed by atoms with Gasteiger partial charge in [-0.25, -0.2) is 0 Å². The van der Waals surface area contributed by atoms with Crippen LogP contribution in [0.4, 0.5) is 0 Å². The summed E-state index contributed by atoms with van der Waals surface area (Å²) >= 11 is 11.8. The Balaban J connectivity index is 2.41. The van der Waals surface area contributed by atoms with Gasteiger partial charge in [0.05, 0.1) is 5.54 Å². The van der Waals surface area contributed by atoms with E-state index >= 15 is 0 Å². The van der Waals surface area contributed by atoms with Crippen molar-refractivity contribution in [2.45, 2.75) is 57.4 Å². The molecule has 1 N–H and O–H groups in total. The van der Waals surface area contributed by atoms with E-state index in [0.29, 0.717) is 24.1 Å². The standard InChI is InChI=1S/C13H23Cl2NO/c1-2-13(9-14,10-15)16-12(17)8-11-6-4-3-5-7-11/h11H,2-10H2,1H3,(H,16,17). The number of carbonyl (C=O) groups excluding carboxylic acids is 1.